The highest BCUT2D eigenvalue weighted by Crippen LogP contribution is 2.24. The number of rotatable bonds is 3. The van der Waals surface area contributed by atoms with Gasteiger partial charge in [-0.15, -0.1) is 0 Å². The van der Waals surface area contributed by atoms with E-state index in [1.807, 2.05) is 0 Å². The van der Waals surface area contributed by atoms with E-state index in [1.54, 1.807) is 38.3 Å². The molecule has 3 N–H and O–H groups in total. The van der Waals surface area contributed by atoms with Crippen LogP contribution in [0.25, 0.3) is 0 Å². The van der Waals surface area contributed by atoms with Crippen LogP contribution in [0, 0.1) is 6.92 Å². The number of methoxy groups -OCH3 is 1. The summed E-state index contributed by atoms with van der Waals surface area (Å²) in [6, 6.07) is 6.73. The lowest BCUT2D eigenvalue weighted by Crippen LogP contribution is -2.12. The Morgan fingerprint density at radius 2 is 2.17 bits per heavy atom. The van der Waals surface area contributed by atoms with Crippen molar-refractivity contribution in [2.24, 2.45) is 0 Å². The molecule has 5 nitrogen and oxygen atoms in total. The van der Waals surface area contributed by atoms with Crippen LogP contribution < -0.4 is 15.8 Å². The first-order valence-corrected chi connectivity index (χ1v) is 5.40. The van der Waals surface area contributed by atoms with Crippen molar-refractivity contribution >= 4 is 17.3 Å². The number of amides is 1. The van der Waals surface area contributed by atoms with Gasteiger partial charge in [-0.3, -0.25) is 4.79 Å². The summed E-state index contributed by atoms with van der Waals surface area (Å²) in [6.45, 7) is 1.78. The lowest BCUT2D eigenvalue weighted by molar-refractivity contribution is 0.102. The number of anilines is 2. The molecule has 0 saturated carbocycles. The maximum Gasteiger partial charge on any atom is 0.258 e. The van der Waals surface area contributed by atoms with Crippen LogP contribution in [0.1, 0.15) is 16.1 Å². The Hall–Kier alpha value is -2.43. The van der Waals surface area contributed by atoms with Crippen molar-refractivity contribution in [1.29, 1.82) is 0 Å². The molecule has 2 rings (SSSR count). The minimum Gasteiger partial charge on any atom is -0.497 e. The number of benzene rings is 1. The molecule has 0 aliphatic rings. The van der Waals surface area contributed by atoms with Gasteiger partial charge in [0.2, 0.25) is 0 Å². The SMILES string of the molecule is COc1ccc(NC(=O)c2coc(C)c2)c(N)c1. The smallest absolute Gasteiger partial charge is 0.258 e. The number of nitrogen functional groups attached to an aromatic ring is 1. The molecule has 1 amide bonds. The van der Waals surface area contributed by atoms with E-state index in [-0.39, 0.29) is 5.91 Å². The maximum atomic E-state index is 11.9. The van der Waals surface area contributed by atoms with Crippen LogP contribution in [0.3, 0.4) is 0 Å². The number of furan rings is 1. The van der Waals surface area contributed by atoms with E-state index in [9.17, 15) is 4.79 Å². The van der Waals surface area contributed by atoms with Crippen LogP contribution in [0.5, 0.6) is 5.75 Å². The van der Waals surface area contributed by atoms with Gasteiger partial charge in [0.05, 0.1) is 24.0 Å². The molecule has 1 heterocycles. The Labute approximate surface area is 105 Å². The second kappa shape index (κ2) is 4.83. The second-order valence-corrected chi connectivity index (χ2v) is 3.85. The lowest BCUT2D eigenvalue weighted by atomic mass is 10.2. The molecule has 0 aliphatic carbocycles. The van der Waals surface area contributed by atoms with Gasteiger partial charge in [-0.25, -0.2) is 0 Å². The Morgan fingerprint density at radius 3 is 2.72 bits per heavy atom. The molecule has 5 heteroatoms. The molecule has 0 bridgehead atoms. The fourth-order valence-electron chi connectivity index (χ4n) is 1.54. The summed E-state index contributed by atoms with van der Waals surface area (Å²) < 4.78 is 10.1. The van der Waals surface area contributed by atoms with Gasteiger partial charge in [0.15, 0.2) is 0 Å². The molecule has 0 unspecified atom stereocenters. The highest BCUT2D eigenvalue weighted by molar-refractivity contribution is 6.05. The van der Waals surface area contributed by atoms with E-state index >= 15 is 0 Å². The third-order valence-corrected chi connectivity index (χ3v) is 2.50. The third kappa shape index (κ3) is 2.45. The Morgan fingerprint density at radius 1 is 1.39 bits per heavy atom. The number of nitrogens with two attached hydrogens (primary N) is 1. The number of ether oxygens (including phenoxy) is 1. The first-order chi connectivity index (χ1) is 8.60. The van der Waals surface area contributed by atoms with Crippen LogP contribution in [0.4, 0.5) is 11.4 Å². The molecule has 0 spiro atoms. The van der Waals surface area contributed by atoms with Crippen molar-refractivity contribution in [2.45, 2.75) is 6.92 Å². The van der Waals surface area contributed by atoms with Gasteiger partial charge in [0, 0.05) is 6.07 Å². The average molecular weight is 246 g/mol. The predicted octanol–water partition coefficient (Wildman–Crippen LogP) is 2.43. The molecule has 1 aromatic carbocycles. The van der Waals surface area contributed by atoms with Crippen molar-refractivity contribution in [2.75, 3.05) is 18.2 Å². The van der Waals surface area contributed by atoms with Crippen molar-refractivity contribution < 1.29 is 13.9 Å². The van der Waals surface area contributed by atoms with Crippen LogP contribution >= 0.6 is 0 Å². The molecule has 0 aliphatic heterocycles. The van der Waals surface area contributed by atoms with Crippen LogP contribution in [0.2, 0.25) is 0 Å². The van der Waals surface area contributed by atoms with Crippen LogP contribution in [0.15, 0.2) is 34.9 Å². The minimum atomic E-state index is -0.260. The largest absolute Gasteiger partial charge is 0.497 e. The molecule has 94 valence electrons. The topological polar surface area (TPSA) is 77.5 Å². The third-order valence-electron chi connectivity index (χ3n) is 2.50. The standard InChI is InChI=1S/C13H14N2O3/c1-8-5-9(7-18-8)13(16)15-12-4-3-10(17-2)6-11(12)14/h3-7H,14H2,1-2H3,(H,15,16). The number of aryl methyl sites for hydroxylation is 1. The zero-order valence-electron chi connectivity index (χ0n) is 10.2. The highest BCUT2D eigenvalue weighted by Gasteiger charge is 2.10. The Bertz CT molecular complexity index is 575. The van der Waals surface area contributed by atoms with Crippen LogP contribution in [-0.2, 0) is 0 Å². The summed E-state index contributed by atoms with van der Waals surface area (Å²) in [4.78, 5) is 11.9. The second-order valence-electron chi connectivity index (χ2n) is 3.85. The quantitative estimate of drug-likeness (QED) is 0.815. The van der Waals surface area contributed by atoms with Gasteiger partial charge >= 0.3 is 0 Å². The highest BCUT2D eigenvalue weighted by atomic mass is 16.5. The molecule has 0 fully saturated rings. The zero-order valence-corrected chi connectivity index (χ0v) is 10.2. The van der Waals surface area contributed by atoms with Crippen molar-refractivity contribution in [1.82, 2.24) is 0 Å². The van der Waals surface area contributed by atoms with Gasteiger partial charge < -0.3 is 20.2 Å². The molecule has 18 heavy (non-hydrogen) atoms. The van der Waals surface area contributed by atoms with Crippen LogP contribution in [-0.4, -0.2) is 13.0 Å². The first kappa shape index (κ1) is 12.0. The predicted molar refractivity (Wildman–Crippen MR) is 68.8 cm³/mol. The fourth-order valence-corrected chi connectivity index (χ4v) is 1.54. The van der Waals surface area contributed by atoms with E-state index in [2.05, 4.69) is 5.32 Å². The number of nitrogens with one attached hydrogen (secondary N) is 1. The fraction of sp³-hybridized carbons (Fsp3) is 0.154. The van der Waals surface area contributed by atoms with E-state index in [4.69, 9.17) is 14.9 Å². The summed E-state index contributed by atoms with van der Waals surface area (Å²) in [5, 5.41) is 2.71. The van der Waals surface area contributed by atoms with E-state index in [0.717, 1.165) is 0 Å². The molecule has 0 atom stereocenters. The van der Waals surface area contributed by atoms with E-state index in [1.165, 1.54) is 6.26 Å². The number of hydrogen-bond donors (Lipinski definition) is 2. The summed E-state index contributed by atoms with van der Waals surface area (Å²) in [5.74, 6) is 1.07. The summed E-state index contributed by atoms with van der Waals surface area (Å²) in [5.41, 5.74) is 7.26. The average Bonchev–Trinajstić information content (AvgIpc) is 2.78. The monoisotopic (exact) mass is 246 g/mol. The van der Waals surface area contributed by atoms with Gasteiger partial charge in [-0.2, -0.15) is 0 Å². The Kier molecular flexibility index (Phi) is 3.23. The van der Waals surface area contributed by atoms with Gasteiger partial charge in [0.25, 0.3) is 5.91 Å². The first-order valence-electron chi connectivity index (χ1n) is 5.40. The molecular weight excluding hydrogens is 232 g/mol. The van der Waals surface area contributed by atoms with Gasteiger partial charge in [-0.05, 0) is 25.1 Å². The normalized spacial score (nSPS) is 10.1. The summed E-state index contributed by atoms with van der Waals surface area (Å²) in [7, 11) is 1.56. The zero-order chi connectivity index (χ0) is 13.1. The number of carbonyl (C=O) groups is 1. The Balaban J connectivity index is 2.16. The summed E-state index contributed by atoms with van der Waals surface area (Å²) in [6.07, 6.45) is 1.41. The van der Waals surface area contributed by atoms with Crippen molar-refractivity contribution in [3.63, 3.8) is 0 Å². The molecular formula is C13H14N2O3. The molecule has 2 aromatic rings. The minimum absolute atomic E-state index is 0.260. The van der Waals surface area contributed by atoms with Crippen molar-refractivity contribution in [3.8, 4) is 5.75 Å². The van der Waals surface area contributed by atoms with Gasteiger partial charge in [-0.1, -0.05) is 0 Å². The van der Waals surface area contributed by atoms with E-state index < -0.39 is 0 Å². The number of hydrogen-bond acceptors (Lipinski definition) is 4. The van der Waals surface area contributed by atoms with Crippen molar-refractivity contribution in [3.05, 3.63) is 41.9 Å². The van der Waals surface area contributed by atoms with Gasteiger partial charge in [0.1, 0.15) is 17.8 Å². The van der Waals surface area contributed by atoms with E-state index in [0.29, 0.717) is 28.4 Å². The number of carbonyl (C=O) groups excluding carboxylic acids is 1. The molecule has 1 aromatic heterocycles. The lowest BCUT2D eigenvalue weighted by Gasteiger charge is -2.08. The molecule has 0 saturated heterocycles. The summed E-state index contributed by atoms with van der Waals surface area (Å²) >= 11 is 0. The molecule has 0 radical (unpaired) electrons. The maximum absolute atomic E-state index is 11.9.